The minimum absolute atomic E-state index is 0.398. The summed E-state index contributed by atoms with van der Waals surface area (Å²) in [7, 11) is 0. The first-order valence-corrected chi connectivity index (χ1v) is 7.95. The number of aromatic nitrogens is 2. The van der Waals surface area contributed by atoms with Gasteiger partial charge < -0.3 is 4.74 Å². The molecule has 2 rings (SSSR count). The highest BCUT2D eigenvalue weighted by Crippen LogP contribution is 2.40. The van der Waals surface area contributed by atoms with Gasteiger partial charge >= 0.3 is 0 Å². The van der Waals surface area contributed by atoms with E-state index in [0.29, 0.717) is 26.3 Å². The molecule has 100 valence electrons. The molecule has 1 aromatic heterocycles. The highest BCUT2D eigenvalue weighted by molar-refractivity contribution is 14.1. The van der Waals surface area contributed by atoms with E-state index in [1.165, 1.54) is 6.42 Å². The number of hydrogen-bond donors (Lipinski definition) is 0. The maximum Gasteiger partial charge on any atom is 0.163 e. The van der Waals surface area contributed by atoms with Crippen LogP contribution in [-0.2, 0) is 10.3 Å². The van der Waals surface area contributed by atoms with Gasteiger partial charge in [0.1, 0.15) is 15.9 Å². The number of rotatable bonds is 3. The molecular formula is C12H15Cl2IN2O. The maximum atomic E-state index is 6.10. The summed E-state index contributed by atoms with van der Waals surface area (Å²) in [6.07, 6.45) is 5.37. The van der Waals surface area contributed by atoms with Crippen molar-refractivity contribution in [3.63, 3.8) is 0 Å². The third-order valence-corrected chi connectivity index (χ3v) is 5.47. The Bertz CT molecular complexity index is 408. The van der Waals surface area contributed by atoms with Crippen molar-refractivity contribution in [3.05, 3.63) is 19.7 Å². The summed E-state index contributed by atoms with van der Waals surface area (Å²) in [6.45, 7) is 2.64. The topological polar surface area (TPSA) is 35.0 Å². The van der Waals surface area contributed by atoms with Crippen LogP contribution in [0.2, 0.25) is 10.3 Å². The van der Waals surface area contributed by atoms with E-state index < -0.39 is 5.60 Å². The Morgan fingerprint density at radius 1 is 1.17 bits per heavy atom. The number of ether oxygens (including phenoxy) is 1. The van der Waals surface area contributed by atoms with Gasteiger partial charge in [-0.15, -0.1) is 0 Å². The van der Waals surface area contributed by atoms with Crippen LogP contribution < -0.4 is 0 Å². The quantitative estimate of drug-likeness (QED) is 0.550. The first-order chi connectivity index (χ1) is 8.59. The SMILES string of the molecule is CCOC1(c2nc(Cl)c(I)c(Cl)n2)CCCCC1. The van der Waals surface area contributed by atoms with Crippen LogP contribution in [0.3, 0.4) is 0 Å². The van der Waals surface area contributed by atoms with Gasteiger partial charge in [-0.2, -0.15) is 0 Å². The molecule has 1 aromatic rings. The van der Waals surface area contributed by atoms with Crippen LogP contribution in [0.1, 0.15) is 44.9 Å². The van der Waals surface area contributed by atoms with Gasteiger partial charge in [0.15, 0.2) is 5.82 Å². The minimum Gasteiger partial charge on any atom is -0.367 e. The van der Waals surface area contributed by atoms with Gasteiger partial charge in [0.05, 0.1) is 3.57 Å². The Balaban J connectivity index is 2.42. The molecule has 0 amide bonds. The van der Waals surface area contributed by atoms with Crippen molar-refractivity contribution in [1.29, 1.82) is 0 Å². The summed E-state index contributed by atoms with van der Waals surface area (Å²) in [5, 5.41) is 0.825. The lowest BCUT2D eigenvalue weighted by molar-refractivity contribution is -0.0767. The summed E-state index contributed by atoms with van der Waals surface area (Å²) in [6, 6.07) is 0. The third kappa shape index (κ3) is 2.92. The summed E-state index contributed by atoms with van der Waals surface area (Å²) in [5.41, 5.74) is -0.398. The third-order valence-electron chi connectivity index (χ3n) is 3.26. The Labute approximate surface area is 131 Å². The van der Waals surface area contributed by atoms with E-state index in [1.807, 2.05) is 6.92 Å². The fourth-order valence-corrected chi connectivity index (χ4v) is 3.06. The number of nitrogens with zero attached hydrogens (tertiary/aromatic N) is 2. The molecule has 0 radical (unpaired) electrons. The van der Waals surface area contributed by atoms with Gasteiger partial charge in [0.2, 0.25) is 0 Å². The lowest BCUT2D eigenvalue weighted by Crippen LogP contribution is -2.34. The molecule has 18 heavy (non-hydrogen) atoms. The lowest BCUT2D eigenvalue weighted by atomic mass is 9.84. The molecule has 0 unspecified atom stereocenters. The van der Waals surface area contributed by atoms with E-state index in [-0.39, 0.29) is 0 Å². The van der Waals surface area contributed by atoms with Crippen molar-refractivity contribution in [2.75, 3.05) is 6.61 Å². The predicted octanol–water partition coefficient (Wildman–Crippen LogP) is 4.58. The first kappa shape index (κ1) is 14.8. The van der Waals surface area contributed by atoms with Crippen molar-refractivity contribution < 1.29 is 4.74 Å². The highest BCUT2D eigenvalue weighted by Gasteiger charge is 2.38. The van der Waals surface area contributed by atoms with Gasteiger partial charge in [0.25, 0.3) is 0 Å². The number of halogens is 3. The van der Waals surface area contributed by atoms with Crippen molar-refractivity contribution in [2.45, 2.75) is 44.6 Å². The molecule has 6 heteroatoms. The normalized spacial score (nSPS) is 18.9. The molecule has 3 nitrogen and oxygen atoms in total. The van der Waals surface area contributed by atoms with Gasteiger partial charge in [-0.3, -0.25) is 0 Å². The zero-order valence-electron chi connectivity index (χ0n) is 10.2. The molecule has 1 aliphatic carbocycles. The molecule has 0 saturated heterocycles. The van der Waals surface area contributed by atoms with Crippen LogP contribution in [0.4, 0.5) is 0 Å². The maximum absolute atomic E-state index is 6.10. The summed E-state index contributed by atoms with van der Waals surface area (Å²) >= 11 is 14.3. The van der Waals surface area contributed by atoms with Gasteiger partial charge in [-0.25, -0.2) is 9.97 Å². The molecular weight excluding hydrogens is 386 g/mol. The van der Waals surface area contributed by atoms with Crippen LogP contribution >= 0.6 is 45.8 Å². The van der Waals surface area contributed by atoms with E-state index >= 15 is 0 Å². The van der Waals surface area contributed by atoms with Crippen molar-refractivity contribution in [2.24, 2.45) is 0 Å². The predicted molar refractivity (Wildman–Crippen MR) is 81.2 cm³/mol. The molecule has 0 bridgehead atoms. The second-order valence-corrected chi connectivity index (χ2v) is 6.23. The highest BCUT2D eigenvalue weighted by atomic mass is 127. The summed E-state index contributed by atoms with van der Waals surface area (Å²) in [5.74, 6) is 0.638. The van der Waals surface area contributed by atoms with Gasteiger partial charge in [-0.05, 0) is 42.4 Å². The van der Waals surface area contributed by atoms with Crippen LogP contribution in [0.15, 0.2) is 0 Å². The molecule has 1 fully saturated rings. The van der Waals surface area contributed by atoms with E-state index in [1.54, 1.807) is 0 Å². The average molecular weight is 401 g/mol. The van der Waals surface area contributed by atoms with Crippen molar-refractivity contribution in [1.82, 2.24) is 9.97 Å². The molecule has 0 spiro atoms. The smallest absolute Gasteiger partial charge is 0.163 e. The van der Waals surface area contributed by atoms with E-state index in [0.717, 1.165) is 25.7 Å². The zero-order valence-corrected chi connectivity index (χ0v) is 13.8. The molecule has 1 heterocycles. The summed E-state index contributed by atoms with van der Waals surface area (Å²) in [4.78, 5) is 8.77. The Kier molecular flexibility index (Phi) is 5.08. The monoisotopic (exact) mass is 400 g/mol. The zero-order chi connectivity index (χ0) is 13.2. The molecule has 0 atom stereocenters. The van der Waals surface area contributed by atoms with Crippen LogP contribution in [0, 0.1) is 3.57 Å². The van der Waals surface area contributed by atoms with Crippen molar-refractivity contribution >= 4 is 45.8 Å². The lowest BCUT2D eigenvalue weighted by Gasteiger charge is -2.35. The van der Waals surface area contributed by atoms with Crippen LogP contribution in [-0.4, -0.2) is 16.6 Å². The second-order valence-electron chi connectivity index (χ2n) is 4.43. The number of hydrogen-bond acceptors (Lipinski definition) is 3. The van der Waals surface area contributed by atoms with Crippen LogP contribution in [0.25, 0.3) is 0 Å². The fraction of sp³-hybridized carbons (Fsp3) is 0.667. The average Bonchev–Trinajstić information content (AvgIpc) is 2.37. The molecule has 1 aliphatic rings. The summed E-state index contributed by atoms with van der Waals surface area (Å²) < 4.78 is 6.66. The standard InChI is InChI=1S/C12H15Cl2IN2O/c1-2-18-12(6-4-3-5-7-12)11-16-9(13)8(15)10(14)17-11/h2-7H2,1H3. The van der Waals surface area contributed by atoms with Gasteiger partial charge in [-0.1, -0.05) is 42.5 Å². The second kappa shape index (κ2) is 6.20. The molecule has 1 saturated carbocycles. The molecule has 0 N–H and O–H groups in total. The first-order valence-electron chi connectivity index (χ1n) is 6.12. The minimum atomic E-state index is -0.398. The van der Waals surface area contributed by atoms with E-state index in [9.17, 15) is 0 Å². The Morgan fingerprint density at radius 3 is 2.22 bits per heavy atom. The Hall–Kier alpha value is 0.350. The Morgan fingerprint density at radius 2 is 1.72 bits per heavy atom. The largest absolute Gasteiger partial charge is 0.367 e. The van der Waals surface area contributed by atoms with Gasteiger partial charge in [0, 0.05) is 6.61 Å². The van der Waals surface area contributed by atoms with E-state index in [2.05, 4.69) is 32.6 Å². The van der Waals surface area contributed by atoms with Crippen LogP contribution in [0.5, 0.6) is 0 Å². The molecule has 0 aliphatic heterocycles. The fourth-order valence-electron chi connectivity index (χ4n) is 2.43. The molecule has 0 aromatic carbocycles. The van der Waals surface area contributed by atoms with E-state index in [4.69, 9.17) is 27.9 Å². The van der Waals surface area contributed by atoms with Crippen molar-refractivity contribution in [3.8, 4) is 0 Å².